The Hall–Kier alpha value is -1.58. The van der Waals surface area contributed by atoms with Gasteiger partial charge in [0.05, 0.1) is 12.1 Å². The first kappa shape index (κ1) is 14.0. The van der Waals surface area contributed by atoms with E-state index in [1.807, 2.05) is 6.07 Å². The highest BCUT2D eigenvalue weighted by Crippen LogP contribution is 2.44. The quantitative estimate of drug-likeness (QED) is 0.485. The van der Waals surface area contributed by atoms with Gasteiger partial charge in [0.15, 0.2) is 0 Å². The average molecular weight is 326 g/mol. The Morgan fingerprint density at radius 1 is 1.14 bits per heavy atom. The van der Waals surface area contributed by atoms with E-state index in [1.54, 1.807) is 11.3 Å². The molecule has 0 saturated heterocycles. The normalized spacial score (nSPS) is 14.7. The molecule has 1 aromatic heterocycles. The van der Waals surface area contributed by atoms with Crippen molar-refractivity contribution in [1.29, 1.82) is 0 Å². The summed E-state index contributed by atoms with van der Waals surface area (Å²) in [5.74, 6) is 0. The topological polar surface area (TPSA) is 0 Å². The van der Waals surface area contributed by atoms with Gasteiger partial charge in [-0.3, -0.25) is 0 Å². The Morgan fingerprint density at radius 3 is 2.77 bits per heavy atom. The van der Waals surface area contributed by atoms with Crippen LogP contribution in [0.2, 0.25) is 0 Å². The molecule has 110 valence electrons. The molecule has 0 spiro atoms. The van der Waals surface area contributed by atoms with Gasteiger partial charge in [0.2, 0.25) is 0 Å². The summed E-state index contributed by atoms with van der Waals surface area (Å²) in [5.41, 5.74) is 3.58. The molecule has 3 heteroatoms. The monoisotopic (exact) mass is 326 g/mol. The lowest BCUT2D eigenvalue weighted by molar-refractivity contribution is 0.932. The number of aryl methyl sites for hydroxylation is 1. The number of allylic oxidation sites excluding steroid dienone is 4. The van der Waals surface area contributed by atoms with Crippen LogP contribution in [0.3, 0.4) is 0 Å². The number of halogens is 1. The van der Waals surface area contributed by atoms with Gasteiger partial charge >= 0.3 is 0 Å². The van der Waals surface area contributed by atoms with Crippen molar-refractivity contribution in [2.45, 2.75) is 24.7 Å². The van der Waals surface area contributed by atoms with E-state index in [4.69, 9.17) is 0 Å². The van der Waals surface area contributed by atoms with Crippen LogP contribution < -0.4 is 0 Å². The average Bonchev–Trinajstić information content (AvgIpc) is 2.92. The number of rotatable bonds is 2. The van der Waals surface area contributed by atoms with Gasteiger partial charge in [-0.25, -0.2) is 0 Å². The van der Waals surface area contributed by atoms with Crippen LogP contribution in [0.15, 0.2) is 53.5 Å². The number of hydrogen-bond donors (Lipinski definition) is 0. The Bertz CT molecular complexity index is 931. The fraction of sp³-hybridized carbons (Fsp3) is 0.158. The Kier molecular flexibility index (Phi) is 3.55. The fourth-order valence-corrected chi connectivity index (χ4v) is 4.68. The molecule has 1 aliphatic carbocycles. The molecule has 0 saturated carbocycles. The third kappa shape index (κ3) is 2.20. The molecule has 0 nitrogen and oxygen atoms in total. The number of benzene rings is 2. The SMILES string of the molecule is Cc1ccc2sc3ccc(SF)c(C4=CC=CCC4)c3c2c1. The molecule has 0 bridgehead atoms. The highest BCUT2D eigenvalue weighted by Gasteiger charge is 2.17. The summed E-state index contributed by atoms with van der Waals surface area (Å²) >= 11 is 2.15. The molecule has 22 heavy (non-hydrogen) atoms. The van der Waals surface area contributed by atoms with E-state index in [0.29, 0.717) is 12.1 Å². The van der Waals surface area contributed by atoms with E-state index in [9.17, 15) is 3.89 Å². The van der Waals surface area contributed by atoms with Crippen LogP contribution in [0.25, 0.3) is 25.7 Å². The van der Waals surface area contributed by atoms with E-state index >= 15 is 0 Å². The predicted molar refractivity (Wildman–Crippen MR) is 97.4 cm³/mol. The molecule has 0 atom stereocenters. The van der Waals surface area contributed by atoms with Crippen molar-refractivity contribution in [2.75, 3.05) is 0 Å². The van der Waals surface area contributed by atoms with Crippen LogP contribution in [0.1, 0.15) is 24.0 Å². The van der Waals surface area contributed by atoms with Crippen LogP contribution in [0, 0.1) is 6.92 Å². The molecule has 0 unspecified atom stereocenters. The summed E-state index contributed by atoms with van der Waals surface area (Å²) in [6.07, 6.45) is 8.40. The lowest BCUT2D eigenvalue weighted by Gasteiger charge is -2.14. The Balaban J connectivity index is 2.14. The standard InChI is InChI=1S/C19H15FS2/c1-12-7-8-15-14(11-12)19-16(21-15)9-10-17(22-20)18(19)13-5-3-2-4-6-13/h2-3,5,7-11H,4,6H2,1H3. The van der Waals surface area contributed by atoms with Crippen molar-refractivity contribution in [3.05, 3.63) is 59.7 Å². The molecule has 1 heterocycles. The second kappa shape index (κ2) is 5.56. The summed E-state index contributed by atoms with van der Waals surface area (Å²) in [4.78, 5) is 0.732. The van der Waals surface area contributed by atoms with Gasteiger partial charge in [-0.15, -0.1) is 11.3 Å². The van der Waals surface area contributed by atoms with Crippen LogP contribution in [0.5, 0.6) is 0 Å². The van der Waals surface area contributed by atoms with E-state index in [0.717, 1.165) is 23.3 Å². The van der Waals surface area contributed by atoms with Gasteiger partial charge in [-0.1, -0.05) is 29.9 Å². The van der Waals surface area contributed by atoms with Crippen LogP contribution in [-0.2, 0) is 0 Å². The largest absolute Gasteiger partial charge is 0.160 e. The highest BCUT2D eigenvalue weighted by atomic mass is 32.2. The molecule has 0 N–H and O–H groups in total. The lowest BCUT2D eigenvalue weighted by atomic mass is 9.93. The van der Waals surface area contributed by atoms with Crippen LogP contribution in [-0.4, -0.2) is 0 Å². The van der Waals surface area contributed by atoms with E-state index < -0.39 is 0 Å². The van der Waals surface area contributed by atoms with Gasteiger partial charge in [-0.2, -0.15) is 3.89 Å². The molecular weight excluding hydrogens is 311 g/mol. The minimum absolute atomic E-state index is 0.360. The number of thiophene rings is 1. The Labute approximate surface area is 137 Å². The fourth-order valence-electron chi connectivity index (χ4n) is 3.16. The minimum atomic E-state index is 0.360. The minimum Gasteiger partial charge on any atom is -0.160 e. The molecule has 4 rings (SSSR count). The predicted octanol–water partition coefficient (Wildman–Crippen LogP) is 7.07. The van der Waals surface area contributed by atoms with Gasteiger partial charge in [0.1, 0.15) is 0 Å². The van der Waals surface area contributed by atoms with E-state index in [2.05, 4.69) is 49.4 Å². The van der Waals surface area contributed by atoms with Crippen molar-refractivity contribution in [2.24, 2.45) is 0 Å². The zero-order valence-electron chi connectivity index (χ0n) is 12.2. The van der Waals surface area contributed by atoms with Gasteiger partial charge in [-0.05, 0) is 49.6 Å². The highest BCUT2D eigenvalue weighted by molar-refractivity contribution is 7.94. The summed E-state index contributed by atoms with van der Waals surface area (Å²) in [6.45, 7) is 2.11. The van der Waals surface area contributed by atoms with Crippen LogP contribution in [0.4, 0.5) is 3.89 Å². The lowest BCUT2D eigenvalue weighted by Crippen LogP contribution is -1.92. The van der Waals surface area contributed by atoms with Crippen LogP contribution >= 0.6 is 23.5 Å². The maximum Gasteiger partial charge on any atom is 0.0818 e. The maximum atomic E-state index is 13.5. The second-order valence-electron chi connectivity index (χ2n) is 5.65. The number of hydrogen-bond acceptors (Lipinski definition) is 2. The molecular formula is C19H15FS2. The molecule has 0 radical (unpaired) electrons. The van der Waals surface area contributed by atoms with Crippen molar-refractivity contribution >= 4 is 49.2 Å². The van der Waals surface area contributed by atoms with Crippen molar-refractivity contribution in [1.82, 2.24) is 0 Å². The molecule has 0 amide bonds. The summed E-state index contributed by atoms with van der Waals surface area (Å²) in [7, 11) is 0. The molecule has 3 aromatic rings. The molecule has 0 aliphatic heterocycles. The third-order valence-electron chi connectivity index (χ3n) is 4.17. The van der Waals surface area contributed by atoms with Gasteiger partial charge in [0, 0.05) is 30.6 Å². The molecule has 0 fully saturated rings. The van der Waals surface area contributed by atoms with E-state index in [1.165, 1.54) is 31.3 Å². The Morgan fingerprint density at radius 2 is 2.00 bits per heavy atom. The smallest absolute Gasteiger partial charge is 0.0818 e. The first-order chi connectivity index (χ1) is 10.8. The third-order valence-corrected chi connectivity index (χ3v) is 5.81. The number of fused-ring (bicyclic) bond motifs is 3. The summed E-state index contributed by atoms with van der Waals surface area (Å²) < 4.78 is 16.0. The van der Waals surface area contributed by atoms with E-state index in [-0.39, 0.29) is 0 Å². The molecule has 1 aliphatic rings. The van der Waals surface area contributed by atoms with Crippen molar-refractivity contribution in [3.63, 3.8) is 0 Å². The first-order valence-electron chi connectivity index (χ1n) is 7.38. The molecule has 2 aromatic carbocycles. The van der Waals surface area contributed by atoms with Crippen molar-refractivity contribution in [3.8, 4) is 0 Å². The van der Waals surface area contributed by atoms with Gasteiger partial charge in [0.25, 0.3) is 0 Å². The maximum absolute atomic E-state index is 13.5. The zero-order valence-corrected chi connectivity index (χ0v) is 13.9. The van der Waals surface area contributed by atoms with Crippen molar-refractivity contribution < 1.29 is 3.89 Å². The zero-order chi connectivity index (χ0) is 15.1. The van der Waals surface area contributed by atoms with Gasteiger partial charge < -0.3 is 0 Å². The first-order valence-corrected chi connectivity index (χ1v) is 8.92. The second-order valence-corrected chi connectivity index (χ2v) is 7.33. The summed E-state index contributed by atoms with van der Waals surface area (Å²) in [5, 5.41) is 2.47. The summed E-state index contributed by atoms with van der Waals surface area (Å²) in [6, 6.07) is 10.5.